The topological polar surface area (TPSA) is 9.86 Å². The molecule has 0 atom stereocenters. The molecule has 2 nitrogen and oxygen atoms in total. The molecule has 0 amide bonds. The van der Waals surface area contributed by atoms with Crippen LogP contribution in [0, 0.1) is 0 Å². The number of aromatic nitrogens is 2. The Hall–Kier alpha value is -8.98. The number of hydrogen-bond donors (Lipinski definition) is 0. The summed E-state index contributed by atoms with van der Waals surface area (Å²) in [6.07, 6.45) is 0. The highest BCUT2D eigenvalue weighted by Gasteiger charge is 2.21. The van der Waals surface area contributed by atoms with Gasteiger partial charge in [-0.15, -0.1) is 0 Å². The summed E-state index contributed by atoms with van der Waals surface area (Å²) in [5.74, 6) is 0. The van der Waals surface area contributed by atoms with Crippen molar-refractivity contribution in [1.29, 1.82) is 0 Å². The minimum Gasteiger partial charge on any atom is -0.309 e. The first-order valence-corrected chi connectivity index (χ1v) is 23.5. The Labute approximate surface area is 393 Å². The van der Waals surface area contributed by atoms with Crippen LogP contribution in [0.25, 0.3) is 132 Å². The van der Waals surface area contributed by atoms with Gasteiger partial charge in [-0.1, -0.05) is 188 Å². The number of benzene rings is 12. The maximum absolute atomic E-state index is 2.48. The largest absolute Gasteiger partial charge is 0.309 e. The van der Waals surface area contributed by atoms with Crippen molar-refractivity contribution >= 4 is 75.9 Å². The molecule has 12 aromatic carbocycles. The number of nitrogens with zero attached hydrogens (tertiary/aromatic N) is 2. The average Bonchev–Trinajstić information content (AvgIpc) is 3.92. The standard InChI is InChI=1S/C66H42N2/c1-4-18-43(19-5-1)51-30-14-20-44-21-15-33-56(65(44)51)66-54-31-16-28-49(45-36-38-63-59(40-45)52-26-10-12-34-61(52)67(63)47-22-6-2-7-23-47)57(54)42-58-50(29-17-32-55(58)66)46-37-39-64-60(41-46)53-27-11-13-35-62(53)68(64)48-24-8-3-9-25-48/h1-42H. The van der Waals surface area contributed by atoms with E-state index in [9.17, 15) is 0 Å². The van der Waals surface area contributed by atoms with Gasteiger partial charge in [0.05, 0.1) is 22.1 Å². The molecular weight excluding hydrogens is 821 g/mol. The zero-order valence-electron chi connectivity index (χ0n) is 37.1. The monoisotopic (exact) mass is 862 g/mol. The van der Waals surface area contributed by atoms with E-state index in [0.29, 0.717) is 0 Å². The van der Waals surface area contributed by atoms with E-state index in [2.05, 4.69) is 264 Å². The molecule has 0 saturated heterocycles. The highest BCUT2D eigenvalue weighted by Crippen LogP contribution is 2.48. The zero-order chi connectivity index (χ0) is 44.7. The van der Waals surface area contributed by atoms with E-state index in [4.69, 9.17) is 0 Å². The molecule has 0 unspecified atom stereocenters. The van der Waals surface area contributed by atoms with Crippen LogP contribution in [0.1, 0.15) is 0 Å². The van der Waals surface area contributed by atoms with Crippen LogP contribution in [0.3, 0.4) is 0 Å². The maximum atomic E-state index is 2.48. The van der Waals surface area contributed by atoms with E-state index in [1.54, 1.807) is 0 Å². The molecule has 0 bridgehead atoms. The summed E-state index contributed by atoms with van der Waals surface area (Å²) in [6, 6.07) is 94.0. The highest BCUT2D eigenvalue weighted by molar-refractivity contribution is 6.24. The van der Waals surface area contributed by atoms with E-state index >= 15 is 0 Å². The summed E-state index contributed by atoms with van der Waals surface area (Å²) in [4.78, 5) is 0. The van der Waals surface area contributed by atoms with Gasteiger partial charge in [-0.25, -0.2) is 0 Å². The van der Waals surface area contributed by atoms with Crippen LogP contribution in [-0.4, -0.2) is 9.13 Å². The summed E-state index contributed by atoms with van der Waals surface area (Å²) >= 11 is 0. The smallest absolute Gasteiger partial charge is 0.0541 e. The van der Waals surface area contributed by atoms with E-state index < -0.39 is 0 Å². The Kier molecular flexibility index (Phi) is 8.62. The second-order valence-corrected chi connectivity index (χ2v) is 18.0. The quantitative estimate of drug-likeness (QED) is 0.147. The Morgan fingerprint density at radius 2 is 0.632 bits per heavy atom. The van der Waals surface area contributed by atoms with Crippen molar-refractivity contribution in [3.8, 4) is 55.9 Å². The fraction of sp³-hybridized carbons (Fsp3) is 0. The van der Waals surface area contributed by atoms with Gasteiger partial charge in [-0.05, 0) is 144 Å². The van der Waals surface area contributed by atoms with Crippen molar-refractivity contribution in [1.82, 2.24) is 9.13 Å². The summed E-state index contributed by atoms with van der Waals surface area (Å²) in [6.45, 7) is 0. The maximum Gasteiger partial charge on any atom is 0.0541 e. The first-order chi connectivity index (χ1) is 33.8. The second-order valence-electron chi connectivity index (χ2n) is 18.0. The Balaban J connectivity index is 1.07. The molecule has 2 heterocycles. The van der Waals surface area contributed by atoms with Gasteiger partial charge in [0.2, 0.25) is 0 Å². The second kappa shape index (κ2) is 15.3. The summed E-state index contributed by atoms with van der Waals surface area (Å²) in [5.41, 5.74) is 16.9. The minimum absolute atomic E-state index is 1.16. The molecule has 0 aliphatic heterocycles. The molecular formula is C66H42N2. The van der Waals surface area contributed by atoms with Crippen molar-refractivity contribution in [3.63, 3.8) is 0 Å². The molecule has 14 rings (SSSR count). The van der Waals surface area contributed by atoms with E-state index in [1.807, 2.05) is 0 Å². The summed E-state index contributed by atoms with van der Waals surface area (Å²) < 4.78 is 4.79. The number of hydrogen-bond acceptors (Lipinski definition) is 0. The summed E-state index contributed by atoms with van der Waals surface area (Å²) in [7, 11) is 0. The lowest BCUT2D eigenvalue weighted by molar-refractivity contribution is 1.18. The molecule has 2 aromatic heterocycles. The van der Waals surface area contributed by atoms with Crippen LogP contribution in [0.4, 0.5) is 0 Å². The van der Waals surface area contributed by atoms with E-state index in [1.165, 1.54) is 120 Å². The van der Waals surface area contributed by atoms with Crippen molar-refractivity contribution < 1.29 is 0 Å². The van der Waals surface area contributed by atoms with Crippen LogP contribution in [-0.2, 0) is 0 Å². The fourth-order valence-corrected chi connectivity index (χ4v) is 11.4. The van der Waals surface area contributed by atoms with Crippen LogP contribution in [0.2, 0.25) is 0 Å². The third-order valence-electron chi connectivity index (χ3n) is 14.3. The molecule has 2 heteroatoms. The number of para-hydroxylation sites is 4. The predicted molar refractivity (Wildman–Crippen MR) is 289 cm³/mol. The molecule has 0 aliphatic rings. The fourth-order valence-electron chi connectivity index (χ4n) is 11.4. The molecule has 0 radical (unpaired) electrons. The normalized spacial score (nSPS) is 11.8. The highest BCUT2D eigenvalue weighted by atomic mass is 15.0. The molecule has 68 heavy (non-hydrogen) atoms. The minimum atomic E-state index is 1.16. The first-order valence-electron chi connectivity index (χ1n) is 23.5. The molecule has 0 spiro atoms. The Bertz CT molecular complexity index is 4070. The lowest BCUT2D eigenvalue weighted by Gasteiger charge is -2.20. The van der Waals surface area contributed by atoms with Gasteiger partial charge >= 0.3 is 0 Å². The summed E-state index contributed by atoms with van der Waals surface area (Å²) in [5, 5.41) is 12.4. The zero-order valence-corrected chi connectivity index (χ0v) is 37.1. The SMILES string of the molecule is c1ccc(-c2cccc3cccc(-c4c5cccc(-c6ccc7c(c6)c6ccccc6n7-c6ccccc6)c5cc5c(-c6ccc7c(c6)c6ccccc6n7-c6ccccc6)cccc45)c23)cc1. The van der Waals surface area contributed by atoms with Gasteiger partial charge in [0.1, 0.15) is 0 Å². The molecule has 0 fully saturated rings. The third kappa shape index (κ3) is 5.84. The molecule has 316 valence electrons. The van der Waals surface area contributed by atoms with Crippen molar-refractivity contribution in [2.75, 3.05) is 0 Å². The van der Waals surface area contributed by atoms with Crippen molar-refractivity contribution in [3.05, 3.63) is 255 Å². The van der Waals surface area contributed by atoms with Gasteiger partial charge in [0.15, 0.2) is 0 Å². The Morgan fingerprint density at radius 3 is 1.16 bits per heavy atom. The van der Waals surface area contributed by atoms with Gasteiger partial charge in [0.25, 0.3) is 0 Å². The van der Waals surface area contributed by atoms with Gasteiger partial charge in [-0.2, -0.15) is 0 Å². The van der Waals surface area contributed by atoms with Crippen molar-refractivity contribution in [2.24, 2.45) is 0 Å². The van der Waals surface area contributed by atoms with E-state index in [0.717, 1.165) is 11.4 Å². The first kappa shape index (κ1) is 38.3. The van der Waals surface area contributed by atoms with Gasteiger partial charge in [-0.3, -0.25) is 0 Å². The van der Waals surface area contributed by atoms with Crippen LogP contribution < -0.4 is 0 Å². The van der Waals surface area contributed by atoms with Gasteiger partial charge in [0, 0.05) is 32.9 Å². The molecule has 14 aromatic rings. The van der Waals surface area contributed by atoms with Crippen LogP contribution in [0.5, 0.6) is 0 Å². The lowest BCUT2D eigenvalue weighted by Crippen LogP contribution is -1.94. The number of fused-ring (bicyclic) bond motifs is 9. The average molecular weight is 863 g/mol. The van der Waals surface area contributed by atoms with Gasteiger partial charge < -0.3 is 9.13 Å². The molecule has 0 N–H and O–H groups in total. The molecule has 0 saturated carbocycles. The van der Waals surface area contributed by atoms with E-state index in [-0.39, 0.29) is 0 Å². The lowest BCUT2D eigenvalue weighted by atomic mass is 9.83. The van der Waals surface area contributed by atoms with Crippen LogP contribution in [0.15, 0.2) is 255 Å². The Morgan fingerprint density at radius 1 is 0.221 bits per heavy atom. The molecule has 0 aliphatic carbocycles. The van der Waals surface area contributed by atoms with Crippen LogP contribution >= 0.6 is 0 Å². The predicted octanol–water partition coefficient (Wildman–Crippen LogP) is 18.0. The van der Waals surface area contributed by atoms with Crippen molar-refractivity contribution in [2.45, 2.75) is 0 Å². The number of rotatable bonds is 6. The third-order valence-corrected chi connectivity index (χ3v) is 14.3.